The molecule has 144 valence electrons. The van der Waals surface area contributed by atoms with Crippen molar-refractivity contribution in [2.45, 2.75) is 44.2 Å². The van der Waals surface area contributed by atoms with Gasteiger partial charge >= 0.3 is 5.97 Å². The number of carboxylic acid groups (broad SMARTS) is 1. The summed E-state index contributed by atoms with van der Waals surface area (Å²) in [5.41, 5.74) is 0. The van der Waals surface area contributed by atoms with Crippen molar-refractivity contribution in [3.05, 3.63) is 0 Å². The van der Waals surface area contributed by atoms with Crippen molar-refractivity contribution in [3.63, 3.8) is 0 Å². The number of likely N-dealkylation sites (tertiary alicyclic amines) is 1. The number of nitrogens with one attached hydrogen (secondary N) is 2. The second kappa shape index (κ2) is 10.1. The van der Waals surface area contributed by atoms with E-state index in [0.717, 1.165) is 32.4 Å². The first-order chi connectivity index (χ1) is 12.5. The van der Waals surface area contributed by atoms with Gasteiger partial charge in [-0.25, -0.2) is 0 Å². The third kappa shape index (κ3) is 6.32. The van der Waals surface area contributed by atoms with E-state index in [4.69, 9.17) is 16.3 Å². The summed E-state index contributed by atoms with van der Waals surface area (Å²) >= 11 is 0. The van der Waals surface area contributed by atoms with E-state index in [9.17, 15) is 14.4 Å². The highest BCUT2D eigenvalue weighted by molar-refractivity contribution is 5.82. The number of carboxylic acids is 1. The molecule has 0 bridgehead atoms. The van der Waals surface area contributed by atoms with Gasteiger partial charge in [-0.1, -0.05) is 5.92 Å². The maximum absolute atomic E-state index is 12.4. The zero-order valence-electron chi connectivity index (χ0n) is 14.9. The van der Waals surface area contributed by atoms with Crippen LogP contribution in [0.5, 0.6) is 0 Å². The van der Waals surface area contributed by atoms with Crippen LogP contribution in [-0.4, -0.2) is 72.7 Å². The predicted molar refractivity (Wildman–Crippen MR) is 94.2 cm³/mol. The van der Waals surface area contributed by atoms with Gasteiger partial charge in [0.15, 0.2) is 0 Å². The summed E-state index contributed by atoms with van der Waals surface area (Å²) in [6.07, 6.45) is 8.22. The number of terminal acetylenes is 1. The molecule has 0 aromatic rings. The summed E-state index contributed by atoms with van der Waals surface area (Å²) in [4.78, 5) is 37.1. The number of amides is 2. The number of ether oxygens (including phenoxy) is 1. The number of nitrogens with zero attached hydrogens (tertiary/aromatic N) is 1. The number of carbonyl (C=O) groups is 3. The molecule has 8 nitrogen and oxygen atoms in total. The summed E-state index contributed by atoms with van der Waals surface area (Å²) in [7, 11) is 0. The largest absolute Gasteiger partial charge is 0.481 e. The molecule has 2 fully saturated rings. The summed E-state index contributed by atoms with van der Waals surface area (Å²) in [6.45, 7) is 2.75. The Morgan fingerprint density at radius 3 is 2.69 bits per heavy atom. The second-order valence-electron chi connectivity index (χ2n) is 6.76. The van der Waals surface area contributed by atoms with Gasteiger partial charge in [0, 0.05) is 13.1 Å². The maximum Gasteiger partial charge on any atom is 0.306 e. The first-order valence-corrected chi connectivity index (χ1v) is 9.08. The van der Waals surface area contributed by atoms with Crippen molar-refractivity contribution in [1.29, 1.82) is 0 Å². The van der Waals surface area contributed by atoms with Crippen LogP contribution in [0, 0.1) is 18.3 Å². The van der Waals surface area contributed by atoms with Crippen molar-refractivity contribution in [1.82, 2.24) is 15.5 Å². The van der Waals surface area contributed by atoms with Gasteiger partial charge in [0.25, 0.3) is 0 Å². The van der Waals surface area contributed by atoms with Crippen LogP contribution in [0.4, 0.5) is 0 Å². The standard InChI is InChI=1S/C18H27N3O5/c1-2-14(10-17(23)24)20-18(25)13-4-3-9-21(11-13)16(22)12-26-15-5-7-19-8-6-15/h1,13-15,19H,3-12H2,(H,20,25)(H,23,24)/t13-,14-/m1/s1. The fourth-order valence-corrected chi connectivity index (χ4v) is 3.28. The molecule has 2 rings (SSSR count). The smallest absolute Gasteiger partial charge is 0.306 e. The maximum atomic E-state index is 12.4. The highest BCUT2D eigenvalue weighted by Gasteiger charge is 2.30. The highest BCUT2D eigenvalue weighted by Crippen LogP contribution is 2.18. The van der Waals surface area contributed by atoms with E-state index < -0.39 is 12.0 Å². The minimum atomic E-state index is -1.07. The molecule has 2 heterocycles. The van der Waals surface area contributed by atoms with Gasteiger partial charge < -0.3 is 25.4 Å². The molecule has 26 heavy (non-hydrogen) atoms. The monoisotopic (exact) mass is 365 g/mol. The van der Waals surface area contributed by atoms with Gasteiger partial charge in [0.2, 0.25) is 11.8 Å². The predicted octanol–water partition coefficient (Wildman–Crippen LogP) is -0.414. The summed E-state index contributed by atoms with van der Waals surface area (Å²) < 4.78 is 5.70. The van der Waals surface area contributed by atoms with Crippen LogP contribution in [0.25, 0.3) is 0 Å². The average molecular weight is 365 g/mol. The molecule has 2 aliphatic rings. The quantitative estimate of drug-likeness (QED) is 0.529. The number of rotatable bonds is 7. The molecule has 0 aliphatic carbocycles. The van der Waals surface area contributed by atoms with E-state index in [-0.39, 0.29) is 36.9 Å². The molecule has 0 saturated carbocycles. The van der Waals surface area contributed by atoms with Gasteiger partial charge in [-0.2, -0.15) is 0 Å². The van der Waals surface area contributed by atoms with Crippen LogP contribution >= 0.6 is 0 Å². The Balaban J connectivity index is 1.79. The topological polar surface area (TPSA) is 108 Å². The van der Waals surface area contributed by atoms with Crippen LogP contribution in [-0.2, 0) is 19.1 Å². The molecule has 0 spiro atoms. The number of carbonyl (C=O) groups excluding carboxylic acids is 2. The fourth-order valence-electron chi connectivity index (χ4n) is 3.28. The Labute approximate surface area is 153 Å². The van der Waals surface area contributed by atoms with Crippen molar-refractivity contribution in [2.75, 3.05) is 32.8 Å². The van der Waals surface area contributed by atoms with Gasteiger partial charge in [-0.05, 0) is 38.8 Å². The fraction of sp³-hybridized carbons (Fsp3) is 0.722. The average Bonchev–Trinajstić information content (AvgIpc) is 2.66. The lowest BCUT2D eigenvalue weighted by molar-refractivity contribution is -0.142. The Bertz CT molecular complexity index is 554. The molecule has 2 aliphatic heterocycles. The van der Waals surface area contributed by atoms with Crippen LogP contribution in [0.3, 0.4) is 0 Å². The molecular weight excluding hydrogens is 338 g/mol. The van der Waals surface area contributed by atoms with Gasteiger partial charge in [-0.15, -0.1) is 6.42 Å². The zero-order chi connectivity index (χ0) is 18.9. The van der Waals surface area contributed by atoms with Crippen LogP contribution in [0.15, 0.2) is 0 Å². The molecule has 0 aromatic heterocycles. The lowest BCUT2D eigenvalue weighted by Crippen LogP contribution is -2.48. The second-order valence-corrected chi connectivity index (χ2v) is 6.76. The molecule has 0 aromatic carbocycles. The molecule has 3 N–H and O–H groups in total. The van der Waals surface area contributed by atoms with Crippen molar-refractivity contribution in [2.24, 2.45) is 5.92 Å². The van der Waals surface area contributed by atoms with Crippen LogP contribution < -0.4 is 10.6 Å². The molecule has 0 radical (unpaired) electrons. The molecular formula is C18H27N3O5. The van der Waals surface area contributed by atoms with E-state index in [1.807, 2.05) is 0 Å². The van der Waals surface area contributed by atoms with Crippen LogP contribution in [0.1, 0.15) is 32.1 Å². The van der Waals surface area contributed by atoms with Gasteiger partial charge in [0.05, 0.1) is 18.4 Å². The van der Waals surface area contributed by atoms with E-state index in [0.29, 0.717) is 19.5 Å². The zero-order valence-corrected chi connectivity index (χ0v) is 14.9. The third-order valence-corrected chi connectivity index (χ3v) is 4.77. The van der Waals surface area contributed by atoms with Crippen molar-refractivity contribution >= 4 is 17.8 Å². The highest BCUT2D eigenvalue weighted by atomic mass is 16.5. The van der Waals surface area contributed by atoms with Crippen LogP contribution in [0.2, 0.25) is 0 Å². The number of piperidine rings is 2. The van der Waals surface area contributed by atoms with Crippen molar-refractivity contribution in [3.8, 4) is 12.3 Å². The lowest BCUT2D eigenvalue weighted by Gasteiger charge is -2.33. The summed E-state index contributed by atoms with van der Waals surface area (Å²) in [5.74, 6) is 0.420. The number of aliphatic carboxylic acids is 1. The lowest BCUT2D eigenvalue weighted by atomic mass is 9.96. The van der Waals surface area contributed by atoms with E-state index in [1.54, 1.807) is 4.90 Å². The Kier molecular flexibility index (Phi) is 7.88. The number of hydrogen-bond donors (Lipinski definition) is 3. The van der Waals surface area contributed by atoms with E-state index in [2.05, 4.69) is 16.6 Å². The van der Waals surface area contributed by atoms with Gasteiger partial charge in [0.1, 0.15) is 12.6 Å². The Hall–Kier alpha value is -2.11. The molecule has 2 amide bonds. The van der Waals surface area contributed by atoms with Crippen molar-refractivity contribution < 1.29 is 24.2 Å². The molecule has 8 heteroatoms. The minimum Gasteiger partial charge on any atom is -0.481 e. The summed E-state index contributed by atoms with van der Waals surface area (Å²) in [5, 5.41) is 14.6. The first-order valence-electron chi connectivity index (χ1n) is 9.08. The van der Waals surface area contributed by atoms with Gasteiger partial charge in [-0.3, -0.25) is 14.4 Å². The Morgan fingerprint density at radius 2 is 2.04 bits per heavy atom. The Morgan fingerprint density at radius 1 is 1.31 bits per heavy atom. The molecule has 2 atom stereocenters. The third-order valence-electron chi connectivity index (χ3n) is 4.77. The first kappa shape index (κ1) is 20.2. The summed E-state index contributed by atoms with van der Waals surface area (Å²) in [6, 6.07) is -0.839. The van der Waals surface area contributed by atoms with E-state index in [1.165, 1.54) is 0 Å². The van der Waals surface area contributed by atoms with E-state index >= 15 is 0 Å². The molecule has 0 unspecified atom stereocenters. The normalized spacial score (nSPS) is 22.3. The SMILES string of the molecule is C#C[C@H](CC(=O)O)NC(=O)[C@@H]1CCCN(C(=O)COC2CCNCC2)C1. The number of hydrogen-bond acceptors (Lipinski definition) is 5. The molecule has 2 saturated heterocycles. The minimum absolute atomic E-state index is 0.0327.